The molecule has 2 aliphatic heterocycles. The van der Waals surface area contributed by atoms with Crippen molar-refractivity contribution in [2.75, 3.05) is 50.7 Å². The van der Waals surface area contributed by atoms with Crippen LogP contribution in [0, 0.1) is 10.1 Å². The Hall–Kier alpha value is -2.68. The summed E-state index contributed by atoms with van der Waals surface area (Å²) in [6.07, 6.45) is 0. The molecule has 0 unspecified atom stereocenters. The Bertz CT molecular complexity index is 745. The lowest BCUT2D eigenvalue weighted by atomic mass is 10.1. The van der Waals surface area contributed by atoms with Crippen LogP contribution in [0.25, 0.3) is 0 Å². The Morgan fingerprint density at radius 1 is 1.19 bits per heavy atom. The van der Waals surface area contributed by atoms with Crippen LogP contribution in [0.15, 0.2) is 18.2 Å². The Balaban J connectivity index is 1.82. The number of carbonyl (C=O) groups excluding carboxylic acids is 2. The molecule has 3 rings (SSSR count). The zero-order valence-electron chi connectivity index (χ0n) is 15.7. The molecule has 9 heteroatoms. The average Bonchev–Trinajstić information content (AvgIpc) is 2.67. The zero-order chi connectivity index (χ0) is 19.6. The van der Waals surface area contributed by atoms with Gasteiger partial charge in [0.2, 0.25) is 5.91 Å². The summed E-state index contributed by atoms with van der Waals surface area (Å²) in [6, 6.07) is 4.74. The number of piperazine rings is 2. The summed E-state index contributed by atoms with van der Waals surface area (Å²) in [5.41, 5.74) is 0.759. The van der Waals surface area contributed by atoms with E-state index in [-0.39, 0.29) is 23.5 Å². The molecule has 2 amide bonds. The van der Waals surface area contributed by atoms with E-state index in [1.807, 2.05) is 11.8 Å². The molecule has 1 N–H and O–H groups in total. The summed E-state index contributed by atoms with van der Waals surface area (Å²) in [6.45, 7) is 7.63. The van der Waals surface area contributed by atoms with Gasteiger partial charge >= 0.3 is 0 Å². The van der Waals surface area contributed by atoms with Crippen molar-refractivity contribution >= 4 is 23.2 Å². The quantitative estimate of drug-likeness (QED) is 0.617. The molecule has 1 aromatic rings. The molecule has 1 aromatic carbocycles. The molecule has 0 bridgehead atoms. The first-order chi connectivity index (χ1) is 12.9. The highest BCUT2D eigenvalue weighted by atomic mass is 16.6. The number of nitro groups is 1. The highest BCUT2D eigenvalue weighted by molar-refractivity contribution is 5.96. The summed E-state index contributed by atoms with van der Waals surface area (Å²) in [7, 11) is 0. The maximum atomic E-state index is 12.8. The average molecular weight is 375 g/mol. The second kappa shape index (κ2) is 7.91. The number of amides is 2. The summed E-state index contributed by atoms with van der Waals surface area (Å²) in [5, 5.41) is 14.9. The van der Waals surface area contributed by atoms with Gasteiger partial charge in [0.15, 0.2) is 0 Å². The summed E-state index contributed by atoms with van der Waals surface area (Å²) >= 11 is 0. The predicted molar refractivity (Wildman–Crippen MR) is 101 cm³/mol. The second-order valence-electron chi connectivity index (χ2n) is 7.01. The lowest BCUT2D eigenvalue weighted by Gasteiger charge is -2.35. The van der Waals surface area contributed by atoms with Gasteiger partial charge in [0.1, 0.15) is 5.69 Å². The molecule has 1 atom stereocenters. The molecule has 27 heavy (non-hydrogen) atoms. The van der Waals surface area contributed by atoms with Gasteiger partial charge in [0.25, 0.3) is 11.6 Å². The maximum absolute atomic E-state index is 12.8. The Kier molecular flexibility index (Phi) is 5.59. The van der Waals surface area contributed by atoms with Crippen LogP contribution in [0.1, 0.15) is 24.2 Å². The molecule has 0 saturated carbocycles. The molecule has 0 radical (unpaired) electrons. The van der Waals surface area contributed by atoms with E-state index < -0.39 is 4.92 Å². The van der Waals surface area contributed by atoms with Crippen molar-refractivity contribution in [3.05, 3.63) is 33.9 Å². The highest BCUT2D eigenvalue weighted by Crippen LogP contribution is 2.30. The van der Waals surface area contributed by atoms with Gasteiger partial charge in [-0.25, -0.2) is 0 Å². The summed E-state index contributed by atoms with van der Waals surface area (Å²) in [5.74, 6) is -0.171. The smallest absolute Gasteiger partial charge is 0.293 e. The van der Waals surface area contributed by atoms with Crippen LogP contribution in [0.3, 0.4) is 0 Å². The van der Waals surface area contributed by atoms with Crippen molar-refractivity contribution in [1.29, 1.82) is 0 Å². The summed E-state index contributed by atoms with van der Waals surface area (Å²) < 4.78 is 0. The van der Waals surface area contributed by atoms with Crippen molar-refractivity contribution in [2.24, 2.45) is 0 Å². The van der Waals surface area contributed by atoms with Gasteiger partial charge in [-0.15, -0.1) is 0 Å². The van der Waals surface area contributed by atoms with E-state index in [1.54, 1.807) is 21.9 Å². The molecule has 2 aliphatic rings. The molecular weight excluding hydrogens is 350 g/mol. The van der Waals surface area contributed by atoms with Gasteiger partial charge in [0, 0.05) is 70.4 Å². The lowest BCUT2D eigenvalue weighted by molar-refractivity contribution is -0.384. The monoisotopic (exact) mass is 375 g/mol. The SMILES string of the molecule is CC(=O)N1CCN(c2ccc(C(=O)N3CCNC[C@@H]3C)cc2[N+](=O)[O-])CC1. The third-order valence-electron chi connectivity index (χ3n) is 5.25. The fourth-order valence-corrected chi connectivity index (χ4v) is 3.64. The van der Waals surface area contributed by atoms with E-state index in [2.05, 4.69) is 5.32 Å². The minimum Gasteiger partial charge on any atom is -0.362 e. The van der Waals surface area contributed by atoms with Gasteiger partial charge in [0.05, 0.1) is 4.92 Å². The minimum absolute atomic E-state index is 0.00948. The number of nitro benzene ring substituents is 1. The molecular formula is C18H25N5O4. The van der Waals surface area contributed by atoms with E-state index in [9.17, 15) is 19.7 Å². The molecule has 146 valence electrons. The standard InChI is InChI=1S/C18H25N5O4/c1-13-12-19-5-6-22(13)18(25)15-3-4-16(17(11-15)23(26)27)21-9-7-20(8-10-21)14(2)24/h3-4,11,13,19H,5-10,12H2,1-2H3/t13-/m0/s1. The first-order valence-corrected chi connectivity index (χ1v) is 9.19. The molecule has 0 aliphatic carbocycles. The lowest BCUT2D eigenvalue weighted by Crippen LogP contribution is -2.52. The Labute approximate surface area is 158 Å². The first kappa shape index (κ1) is 19.1. The van der Waals surface area contributed by atoms with Crippen molar-refractivity contribution in [2.45, 2.75) is 19.9 Å². The molecule has 2 fully saturated rings. The van der Waals surface area contributed by atoms with E-state index in [1.165, 1.54) is 13.0 Å². The Morgan fingerprint density at radius 2 is 1.89 bits per heavy atom. The van der Waals surface area contributed by atoms with Crippen LogP contribution >= 0.6 is 0 Å². The van der Waals surface area contributed by atoms with E-state index in [0.717, 1.165) is 6.54 Å². The third kappa shape index (κ3) is 4.02. The number of hydrogen-bond acceptors (Lipinski definition) is 6. The van der Waals surface area contributed by atoms with Crippen LogP contribution in [0.5, 0.6) is 0 Å². The Morgan fingerprint density at radius 3 is 2.48 bits per heavy atom. The number of benzene rings is 1. The van der Waals surface area contributed by atoms with Gasteiger partial charge < -0.3 is 20.0 Å². The van der Waals surface area contributed by atoms with Gasteiger partial charge in [-0.2, -0.15) is 0 Å². The molecule has 9 nitrogen and oxygen atoms in total. The van der Waals surface area contributed by atoms with Crippen LogP contribution in [-0.2, 0) is 4.79 Å². The molecule has 0 aromatic heterocycles. The van der Waals surface area contributed by atoms with E-state index in [4.69, 9.17) is 0 Å². The number of nitrogens with one attached hydrogen (secondary N) is 1. The van der Waals surface area contributed by atoms with E-state index >= 15 is 0 Å². The number of carbonyl (C=O) groups is 2. The first-order valence-electron chi connectivity index (χ1n) is 9.19. The number of anilines is 1. The van der Waals surface area contributed by atoms with Crippen molar-refractivity contribution in [3.63, 3.8) is 0 Å². The van der Waals surface area contributed by atoms with Crippen molar-refractivity contribution in [1.82, 2.24) is 15.1 Å². The number of rotatable bonds is 3. The maximum Gasteiger partial charge on any atom is 0.293 e. The largest absolute Gasteiger partial charge is 0.362 e. The van der Waals surface area contributed by atoms with E-state index in [0.29, 0.717) is 50.5 Å². The number of hydrogen-bond donors (Lipinski definition) is 1. The normalized spacial score (nSPS) is 20.5. The summed E-state index contributed by atoms with van der Waals surface area (Å²) in [4.78, 5) is 40.8. The fraction of sp³-hybridized carbons (Fsp3) is 0.556. The van der Waals surface area contributed by atoms with Crippen molar-refractivity contribution < 1.29 is 14.5 Å². The van der Waals surface area contributed by atoms with Crippen LogP contribution in [-0.4, -0.2) is 78.4 Å². The van der Waals surface area contributed by atoms with Crippen molar-refractivity contribution in [3.8, 4) is 0 Å². The third-order valence-corrected chi connectivity index (χ3v) is 5.25. The topological polar surface area (TPSA) is 99.0 Å². The fourth-order valence-electron chi connectivity index (χ4n) is 3.64. The zero-order valence-corrected chi connectivity index (χ0v) is 15.7. The van der Waals surface area contributed by atoms with Crippen LogP contribution in [0.4, 0.5) is 11.4 Å². The molecule has 2 heterocycles. The van der Waals surface area contributed by atoms with Crippen LogP contribution in [0.2, 0.25) is 0 Å². The van der Waals surface area contributed by atoms with Gasteiger partial charge in [-0.1, -0.05) is 0 Å². The second-order valence-corrected chi connectivity index (χ2v) is 7.01. The molecule has 0 spiro atoms. The highest BCUT2D eigenvalue weighted by Gasteiger charge is 2.28. The van der Waals surface area contributed by atoms with Gasteiger partial charge in [-0.3, -0.25) is 19.7 Å². The molecule has 2 saturated heterocycles. The number of nitrogens with zero attached hydrogens (tertiary/aromatic N) is 4. The minimum atomic E-state index is -0.440. The van der Waals surface area contributed by atoms with Gasteiger partial charge in [-0.05, 0) is 19.1 Å². The predicted octanol–water partition coefficient (Wildman–Crippen LogP) is 0.697. The van der Waals surface area contributed by atoms with Crippen LogP contribution < -0.4 is 10.2 Å².